The number of sulfonamides is 1. The number of halogens is 3. The van der Waals surface area contributed by atoms with Gasteiger partial charge in [0.1, 0.15) is 4.90 Å². The fourth-order valence-corrected chi connectivity index (χ4v) is 5.79. The normalized spacial score (nSPS) is 24.9. The summed E-state index contributed by atoms with van der Waals surface area (Å²) in [4.78, 5) is -0.0779. The van der Waals surface area contributed by atoms with Crippen LogP contribution < -0.4 is 5.32 Å². The van der Waals surface area contributed by atoms with Crippen LogP contribution in [0.15, 0.2) is 17.0 Å². The van der Waals surface area contributed by atoms with Gasteiger partial charge in [0.25, 0.3) is 0 Å². The molecule has 112 valence electrons. The maximum atomic E-state index is 12.8. The van der Waals surface area contributed by atoms with Crippen molar-refractivity contribution in [2.75, 3.05) is 13.1 Å². The van der Waals surface area contributed by atoms with E-state index in [2.05, 4.69) is 5.32 Å². The van der Waals surface area contributed by atoms with Crippen molar-refractivity contribution < 1.29 is 8.42 Å². The second kappa shape index (κ2) is 5.99. The highest BCUT2D eigenvalue weighted by molar-refractivity contribution is 7.89. The van der Waals surface area contributed by atoms with Crippen molar-refractivity contribution in [3.8, 4) is 0 Å². The zero-order valence-electron chi connectivity index (χ0n) is 11.0. The molecule has 4 nitrogen and oxygen atoms in total. The molecular weight excluding hydrogens is 343 g/mol. The van der Waals surface area contributed by atoms with Gasteiger partial charge >= 0.3 is 0 Å². The number of rotatable bonds is 2. The lowest BCUT2D eigenvalue weighted by Gasteiger charge is -2.38. The van der Waals surface area contributed by atoms with Crippen LogP contribution >= 0.6 is 34.8 Å². The molecule has 1 fully saturated rings. The van der Waals surface area contributed by atoms with Crippen LogP contribution in [0.25, 0.3) is 0 Å². The van der Waals surface area contributed by atoms with E-state index in [1.54, 1.807) is 0 Å². The van der Waals surface area contributed by atoms with E-state index in [1.165, 1.54) is 16.4 Å². The van der Waals surface area contributed by atoms with E-state index in [-0.39, 0.29) is 27.0 Å². The summed E-state index contributed by atoms with van der Waals surface area (Å²) in [6.45, 7) is 4.87. The maximum Gasteiger partial charge on any atom is 0.246 e. The Kier molecular flexibility index (Phi) is 4.89. The lowest BCUT2D eigenvalue weighted by Crippen LogP contribution is -2.57. The van der Waals surface area contributed by atoms with Gasteiger partial charge in [-0.2, -0.15) is 4.31 Å². The summed E-state index contributed by atoms with van der Waals surface area (Å²) >= 11 is 17.9. The number of hydrogen-bond acceptors (Lipinski definition) is 3. The minimum atomic E-state index is -3.77. The topological polar surface area (TPSA) is 49.4 Å². The van der Waals surface area contributed by atoms with Crippen LogP contribution in [0.5, 0.6) is 0 Å². The Balaban J connectivity index is 2.55. The molecule has 8 heteroatoms. The summed E-state index contributed by atoms with van der Waals surface area (Å²) in [5.74, 6) is 0. The van der Waals surface area contributed by atoms with Crippen molar-refractivity contribution in [3.05, 3.63) is 27.2 Å². The molecule has 0 aromatic heterocycles. The first-order chi connectivity index (χ1) is 9.25. The summed E-state index contributed by atoms with van der Waals surface area (Å²) in [5.41, 5.74) is 0. The monoisotopic (exact) mass is 356 g/mol. The first kappa shape index (κ1) is 16.3. The van der Waals surface area contributed by atoms with Gasteiger partial charge in [0, 0.05) is 30.2 Å². The smallest absolute Gasteiger partial charge is 0.246 e. The number of hydrogen-bond donors (Lipinski definition) is 1. The summed E-state index contributed by atoms with van der Waals surface area (Å²) in [5, 5.41) is 3.57. The van der Waals surface area contributed by atoms with Crippen LogP contribution in [0.1, 0.15) is 13.8 Å². The molecule has 1 aromatic carbocycles. The predicted octanol–water partition coefficient (Wildman–Crippen LogP) is 3.02. The van der Waals surface area contributed by atoms with E-state index in [4.69, 9.17) is 34.8 Å². The second-order valence-corrected chi connectivity index (χ2v) is 7.92. The van der Waals surface area contributed by atoms with Crippen LogP contribution in [0, 0.1) is 0 Å². The summed E-state index contributed by atoms with van der Waals surface area (Å²) in [6.07, 6.45) is 0. The molecule has 2 unspecified atom stereocenters. The maximum absolute atomic E-state index is 12.8. The van der Waals surface area contributed by atoms with Gasteiger partial charge in [-0.3, -0.25) is 0 Å². The van der Waals surface area contributed by atoms with Crippen LogP contribution in [0.4, 0.5) is 0 Å². The zero-order chi connectivity index (χ0) is 15.1. The lowest BCUT2D eigenvalue weighted by molar-refractivity contribution is 0.220. The second-order valence-electron chi connectivity index (χ2n) is 4.89. The lowest BCUT2D eigenvalue weighted by atomic mass is 10.2. The highest BCUT2D eigenvalue weighted by Crippen LogP contribution is 2.36. The average molecular weight is 358 g/mol. The fourth-order valence-electron chi connectivity index (χ4n) is 2.47. The fraction of sp³-hybridized carbons (Fsp3) is 0.500. The van der Waals surface area contributed by atoms with E-state index < -0.39 is 10.0 Å². The van der Waals surface area contributed by atoms with E-state index in [0.717, 1.165) is 0 Å². The van der Waals surface area contributed by atoms with Crippen molar-refractivity contribution >= 4 is 44.8 Å². The molecule has 0 saturated carbocycles. The van der Waals surface area contributed by atoms with Crippen molar-refractivity contribution in [1.82, 2.24) is 9.62 Å². The Hall–Kier alpha value is -0.0400. The van der Waals surface area contributed by atoms with Crippen molar-refractivity contribution in [1.29, 1.82) is 0 Å². The quantitative estimate of drug-likeness (QED) is 0.885. The first-order valence-corrected chi connectivity index (χ1v) is 8.71. The molecule has 0 spiro atoms. The number of benzene rings is 1. The van der Waals surface area contributed by atoms with Crippen LogP contribution in [0.3, 0.4) is 0 Å². The van der Waals surface area contributed by atoms with Crippen molar-refractivity contribution in [2.45, 2.75) is 30.8 Å². The summed E-state index contributed by atoms with van der Waals surface area (Å²) in [6, 6.07) is 2.43. The highest BCUT2D eigenvalue weighted by Gasteiger charge is 2.38. The van der Waals surface area contributed by atoms with E-state index in [9.17, 15) is 8.42 Å². The molecule has 0 amide bonds. The molecule has 1 N–H and O–H groups in total. The minimum Gasteiger partial charge on any atom is -0.314 e. The Morgan fingerprint density at radius 2 is 1.55 bits per heavy atom. The molecule has 0 aliphatic carbocycles. The molecule has 2 atom stereocenters. The molecule has 2 rings (SSSR count). The van der Waals surface area contributed by atoms with E-state index in [0.29, 0.717) is 18.1 Å². The standard InChI is InChI=1S/C12H15Cl3N2O2S/c1-7-5-16-6-8(2)17(7)20(18,19)12-10(14)3-9(13)4-11(12)15/h3-4,7-8,16H,5-6H2,1-2H3. The van der Waals surface area contributed by atoms with Gasteiger partial charge in [-0.25, -0.2) is 8.42 Å². The van der Waals surface area contributed by atoms with Gasteiger partial charge in [-0.1, -0.05) is 34.8 Å². The van der Waals surface area contributed by atoms with Crippen LogP contribution in [0.2, 0.25) is 15.1 Å². The summed E-state index contributed by atoms with van der Waals surface area (Å²) < 4.78 is 27.1. The Labute approximate surface area is 134 Å². The number of nitrogens with zero attached hydrogens (tertiary/aromatic N) is 1. The molecule has 20 heavy (non-hydrogen) atoms. The molecule has 0 bridgehead atoms. The third-order valence-corrected chi connectivity index (χ3v) is 6.52. The number of nitrogens with one attached hydrogen (secondary N) is 1. The van der Waals surface area contributed by atoms with Gasteiger partial charge in [0.15, 0.2) is 0 Å². The summed E-state index contributed by atoms with van der Waals surface area (Å²) in [7, 11) is -3.77. The first-order valence-electron chi connectivity index (χ1n) is 6.14. The molecule has 0 radical (unpaired) electrons. The minimum absolute atomic E-state index is 0.0421. The molecule has 1 heterocycles. The molecule has 1 aromatic rings. The van der Waals surface area contributed by atoms with Crippen LogP contribution in [-0.2, 0) is 10.0 Å². The van der Waals surface area contributed by atoms with Gasteiger partial charge < -0.3 is 5.32 Å². The Morgan fingerprint density at radius 1 is 1.10 bits per heavy atom. The van der Waals surface area contributed by atoms with E-state index in [1.807, 2.05) is 13.8 Å². The van der Waals surface area contributed by atoms with Gasteiger partial charge in [0.05, 0.1) is 10.0 Å². The van der Waals surface area contributed by atoms with Crippen LogP contribution in [-0.4, -0.2) is 37.9 Å². The SMILES string of the molecule is CC1CNCC(C)N1S(=O)(=O)c1c(Cl)cc(Cl)cc1Cl. The third kappa shape index (κ3) is 2.93. The Morgan fingerprint density at radius 3 is 2.00 bits per heavy atom. The molecule has 1 aliphatic rings. The van der Waals surface area contributed by atoms with Crippen molar-refractivity contribution in [2.24, 2.45) is 0 Å². The van der Waals surface area contributed by atoms with Gasteiger partial charge in [-0.15, -0.1) is 0 Å². The Bertz CT molecular complexity index is 588. The average Bonchev–Trinajstić information content (AvgIpc) is 2.25. The van der Waals surface area contributed by atoms with Crippen molar-refractivity contribution in [3.63, 3.8) is 0 Å². The zero-order valence-corrected chi connectivity index (χ0v) is 14.1. The molecular formula is C12H15Cl3N2O2S. The van der Waals surface area contributed by atoms with E-state index >= 15 is 0 Å². The largest absolute Gasteiger partial charge is 0.314 e. The third-order valence-electron chi connectivity index (χ3n) is 3.25. The van der Waals surface area contributed by atoms with Gasteiger partial charge in [0.2, 0.25) is 10.0 Å². The van der Waals surface area contributed by atoms with Gasteiger partial charge in [-0.05, 0) is 26.0 Å². The number of piperazine rings is 1. The molecule has 1 aliphatic heterocycles. The molecule has 1 saturated heterocycles. The predicted molar refractivity (Wildman–Crippen MR) is 82.3 cm³/mol. The highest BCUT2D eigenvalue weighted by atomic mass is 35.5.